The molecule has 0 aliphatic heterocycles. The lowest BCUT2D eigenvalue weighted by atomic mass is 10.2. The molecule has 106 valence electrons. The standard InChI is InChI=1S/C10H12ClFN2O4S/c1-10(2,3)18-9(15)14-7-5-4-6(12)8(13-7)19(11,16)17/h4-5H,1-3H3,(H,13,14,15). The molecule has 1 N–H and O–H groups in total. The Bertz CT molecular complexity index is 598. The van der Waals surface area contributed by atoms with Gasteiger partial charge >= 0.3 is 6.09 Å². The van der Waals surface area contributed by atoms with E-state index in [1.807, 2.05) is 0 Å². The van der Waals surface area contributed by atoms with Gasteiger partial charge in [0, 0.05) is 10.7 Å². The molecule has 0 fully saturated rings. The number of nitrogens with zero attached hydrogens (tertiary/aromatic N) is 1. The van der Waals surface area contributed by atoms with Crippen molar-refractivity contribution in [2.45, 2.75) is 31.4 Å². The maximum absolute atomic E-state index is 13.2. The normalized spacial score (nSPS) is 12.1. The Morgan fingerprint density at radius 2 is 2.00 bits per heavy atom. The van der Waals surface area contributed by atoms with E-state index in [0.717, 1.165) is 12.1 Å². The summed E-state index contributed by atoms with van der Waals surface area (Å²) in [6.07, 6.45) is -0.843. The van der Waals surface area contributed by atoms with Crippen LogP contribution < -0.4 is 5.32 Å². The lowest BCUT2D eigenvalue weighted by Crippen LogP contribution is -2.27. The minimum Gasteiger partial charge on any atom is -0.444 e. The first-order chi connectivity index (χ1) is 8.49. The molecule has 1 aromatic rings. The highest BCUT2D eigenvalue weighted by atomic mass is 35.7. The van der Waals surface area contributed by atoms with E-state index in [0.29, 0.717) is 0 Å². The Morgan fingerprint density at radius 1 is 1.42 bits per heavy atom. The SMILES string of the molecule is CC(C)(C)OC(=O)Nc1ccc(F)c(S(=O)(=O)Cl)n1. The van der Waals surface area contributed by atoms with E-state index in [-0.39, 0.29) is 5.82 Å². The molecular formula is C10H12ClFN2O4S. The summed E-state index contributed by atoms with van der Waals surface area (Å²) in [5.74, 6) is -1.29. The Kier molecular flexibility index (Phi) is 4.36. The molecule has 6 nitrogen and oxygen atoms in total. The monoisotopic (exact) mass is 310 g/mol. The Labute approximate surface area is 114 Å². The number of aromatic nitrogens is 1. The number of nitrogens with one attached hydrogen (secondary N) is 1. The summed E-state index contributed by atoms with van der Waals surface area (Å²) in [7, 11) is 0.672. The second kappa shape index (κ2) is 5.30. The minimum absolute atomic E-state index is 0.185. The summed E-state index contributed by atoms with van der Waals surface area (Å²) >= 11 is 0. The first-order valence-corrected chi connectivity index (χ1v) is 7.41. The predicted octanol–water partition coefficient (Wildman–Crippen LogP) is 2.50. The first kappa shape index (κ1) is 15.6. The van der Waals surface area contributed by atoms with Crippen molar-refractivity contribution in [3.63, 3.8) is 0 Å². The van der Waals surface area contributed by atoms with Crippen molar-refractivity contribution in [3.05, 3.63) is 17.9 Å². The lowest BCUT2D eigenvalue weighted by Gasteiger charge is -2.19. The lowest BCUT2D eigenvalue weighted by molar-refractivity contribution is 0.0635. The smallest absolute Gasteiger partial charge is 0.413 e. The van der Waals surface area contributed by atoms with Crippen LogP contribution in [0.1, 0.15) is 20.8 Å². The maximum atomic E-state index is 13.2. The van der Waals surface area contributed by atoms with Crippen LogP contribution in [0.5, 0.6) is 0 Å². The summed E-state index contributed by atoms with van der Waals surface area (Å²) in [5.41, 5.74) is -0.731. The molecule has 0 radical (unpaired) electrons. The molecule has 0 bridgehead atoms. The van der Waals surface area contributed by atoms with Crippen molar-refractivity contribution >= 4 is 31.6 Å². The zero-order valence-electron chi connectivity index (χ0n) is 10.4. The second-order valence-corrected chi connectivity index (χ2v) is 7.03. The summed E-state index contributed by atoms with van der Waals surface area (Å²) in [5, 5.41) is 1.22. The quantitative estimate of drug-likeness (QED) is 0.848. The molecule has 0 aliphatic carbocycles. The zero-order valence-corrected chi connectivity index (χ0v) is 12.0. The Morgan fingerprint density at radius 3 is 2.47 bits per heavy atom. The van der Waals surface area contributed by atoms with Gasteiger partial charge in [-0.25, -0.2) is 22.6 Å². The van der Waals surface area contributed by atoms with E-state index in [2.05, 4.69) is 10.3 Å². The van der Waals surface area contributed by atoms with Gasteiger partial charge in [0.25, 0.3) is 9.05 Å². The summed E-state index contributed by atoms with van der Waals surface area (Å²) in [6.45, 7) is 4.96. The number of pyridine rings is 1. The Hall–Kier alpha value is -1.41. The van der Waals surface area contributed by atoms with E-state index in [1.165, 1.54) is 0 Å². The highest BCUT2D eigenvalue weighted by Crippen LogP contribution is 2.19. The van der Waals surface area contributed by atoms with E-state index < -0.39 is 31.6 Å². The van der Waals surface area contributed by atoms with Crippen LogP contribution in [0.15, 0.2) is 17.2 Å². The van der Waals surface area contributed by atoms with Crippen molar-refractivity contribution in [3.8, 4) is 0 Å². The average Bonchev–Trinajstić information content (AvgIpc) is 2.16. The van der Waals surface area contributed by atoms with E-state index in [4.69, 9.17) is 15.4 Å². The molecule has 0 saturated heterocycles. The number of rotatable bonds is 2. The highest BCUT2D eigenvalue weighted by Gasteiger charge is 2.21. The molecule has 1 heterocycles. The van der Waals surface area contributed by atoms with Crippen molar-refractivity contribution in [2.75, 3.05) is 5.32 Å². The molecule has 0 saturated carbocycles. The fraction of sp³-hybridized carbons (Fsp3) is 0.400. The van der Waals surface area contributed by atoms with Gasteiger partial charge in [-0.15, -0.1) is 0 Å². The number of hydrogen-bond donors (Lipinski definition) is 1. The van der Waals surface area contributed by atoms with Gasteiger partial charge in [0.2, 0.25) is 5.03 Å². The molecule has 1 aromatic heterocycles. The zero-order chi connectivity index (χ0) is 14.8. The van der Waals surface area contributed by atoms with Crippen LogP contribution in [-0.4, -0.2) is 25.1 Å². The molecule has 0 atom stereocenters. The number of carbonyl (C=O) groups is 1. The molecule has 1 amide bonds. The van der Waals surface area contributed by atoms with Gasteiger partial charge in [0.1, 0.15) is 11.4 Å². The fourth-order valence-electron chi connectivity index (χ4n) is 1.07. The molecule has 0 aromatic carbocycles. The molecular weight excluding hydrogens is 299 g/mol. The predicted molar refractivity (Wildman–Crippen MR) is 67.1 cm³/mol. The number of halogens is 2. The third-order valence-electron chi connectivity index (χ3n) is 1.67. The van der Waals surface area contributed by atoms with Gasteiger partial charge in [-0.1, -0.05) is 0 Å². The average molecular weight is 311 g/mol. The van der Waals surface area contributed by atoms with Gasteiger partial charge in [0.15, 0.2) is 5.82 Å². The summed E-state index contributed by atoms with van der Waals surface area (Å²) in [6, 6.07) is 1.92. The van der Waals surface area contributed by atoms with Gasteiger partial charge in [-0.05, 0) is 32.9 Å². The van der Waals surface area contributed by atoms with Gasteiger partial charge < -0.3 is 4.74 Å². The van der Waals surface area contributed by atoms with Crippen LogP contribution in [-0.2, 0) is 13.8 Å². The van der Waals surface area contributed by atoms with Crippen molar-refractivity contribution in [1.82, 2.24) is 4.98 Å². The van der Waals surface area contributed by atoms with Gasteiger partial charge in [0.05, 0.1) is 0 Å². The molecule has 0 unspecified atom stereocenters. The molecule has 9 heteroatoms. The van der Waals surface area contributed by atoms with Gasteiger partial charge in [-0.2, -0.15) is 0 Å². The third kappa shape index (κ3) is 4.99. The summed E-state index contributed by atoms with van der Waals surface area (Å²) in [4.78, 5) is 14.8. The summed E-state index contributed by atoms with van der Waals surface area (Å²) < 4.78 is 40.2. The topological polar surface area (TPSA) is 85.4 Å². The van der Waals surface area contributed by atoms with Crippen LogP contribution >= 0.6 is 10.7 Å². The first-order valence-electron chi connectivity index (χ1n) is 5.10. The van der Waals surface area contributed by atoms with Crippen molar-refractivity contribution in [2.24, 2.45) is 0 Å². The van der Waals surface area contributed by atoms with Crippen molar-refractivity contribution < 1.29 is 22.3 Å². The van der Waals surface area contributed by atoms with E-state index in [1.54, 1.807) is 20.8 Å². The number of carbonyl (C=O) groups excluding carboxylic acids is 1. The number of ether oxygens (including phenoxy) is 1. The van der Waals surface area contributed by atoms with Crippen LogP contribution in [0.4, 0.5) is 15.0 Å². The molecule has 19 heavy (non-hydrogen) atoms. The van der Waals surface area contributed by atoms with E-state index >= 15 is 0 Å². The molecule has 1 rings (SSSR count). The maximum Gasteiger partial charge on any atom is 0.413 e. The van der Waals surface area contributed by atoms with Crippen LogP contribution in [0.3, 0.4) is 0 Å². The van der Waals surface area contributed by atoms with Crippen LogP contribution in [0, 0.1) is 5.82 Å². The van der Waals surface area contributed by atoms with Gasteiger partial charge in [-0.3, -0.25) is 5.32 Å². The molecule has 0 spiro atoms. The van der Waals surface area contributed by atoms with Crippen molar-refractivity contribution in [1.29, 1.82) is 0 Å². The highest BCUT2D eigenvalue weighted by molar-refractivity contribution is 8.13. The van der Waals surface area contributed by atoms with Crippen LogP contribution in [0.25, 0.3) is 0 Å². The second-order valence-electron chi connectivity index (χ2n) is 4.55. The third-order valence-corrected chi connectivity index (χ3v) is 2.86. The molecule has 0 aliphatic rings. The number of hydrogen-bond acceptors (Lipinski definition) is 5. The largest absolute Gasteiger partial charge is 0.444 e. The fourth-order valence-corrected chi connectivity index (χ4v) is 1.91. The van der Waals surface area contributed by atoms with E-state index in [9.17, 15) is 17.6 Å². The minimum atomic E-state index is -4.33. The number of amides is 1. The number of anilines is 1. The Balaban J connectivity index is 2.96. The van der Waals surface area contributed by atoms with Crippen LogP contribution in [0.2, 0.25) is 0 Å².